The average Bonchev–Trinajstić information content (AvgIpc) is 2.47. The van der Waals surface area contributed by atoms with Crippen molar-refractivity contribution >= 4 is 15.9 Å². The van der Waals surface area contributed by atoms with Gasteiger partial charge in [-0.1, -0.05) is 0 Å². The number of rotatable bonds is 3. The molecular formula is C12H14FNO5S. The molecule has 1 aromatic carbocycles. The number of amides is 1. The van der Waals surface area contributed by atoms with E-state index in [0.29, 0.717) is 26.1 Å². The largest absolute Gasteiger partial charge is 0.381 e. The summed E-state index contributed by atoms with van der Waals surface area (Å²) in [5.41, 5.74) is 0. The van der Waals surface area contributed by atoms with Gasteiger partial charge in [0.1, 0.15) is 5.82 Å². The molecule has 20 heavy (non-hydrogen) atoms. The molecular weight excluding hydrogens is 289 g/mol. The maximum atomic E-state index is 12.8. The quantitative estimate of drug-likeness (QED) is 0.669. The van der Waals surface area contributed by atoms with Crippen molar-refractivity contribution in [1.29, 1.82) is 0 Å². The van der Waals surface area contributed by atoms with Crippen molar-refractivity contribution in [2.75, 3.05) is 13.2 Å². The van der Waals surface area contributed by atoms with Crippen molar-refractivity contribution in [2.24, 2.45) is 5.92 Å². The summed E-state index contributed by atoms with van der Waals surface area (Å²) in [6, 6.07) is 3.87. The fourth-order valence-corrected chi connectivity index (χ4v) is 2.99. The van der Waals surface area contributed by atoms with Gasteiger partial charge >= 0.3 is 0 Å². The minimum absolute atomic E-state index is 0.254. The molecule has 0 unspecified atom stereocenters. The van der Waals surface area contributed by atoms with E-state index < -0.39 is 27.7 Å². The first-order chi connectivity index (χ1) is 9.43. The third-order valence-corrected chi connectivity index (χ3v) is 4.60. The van der Waals surface area contributed by atoms with E-state index in [0.717, 1.165) is 24.3 Å². The summed E-state index contributed by atoms with van der Waals surface area (Å²) in [6.07, 6.45) is 0.712. The van der Waals surface area contributed by atoms with Gasteiger partial charge in [-0.25, -0.2) is 4.39 Å². The highest BCUT2D eigenvalue weighted by Gasteiger charge is 2.34. The molecule has 1 heterocycles. The van der Waals surface area contributed by atoms with E-state index in [1.165, 1.54) is 0 Å². The number of benzene rings is 1. The van der Waals surface area contributed by atoms with Gasteiger partial charge in [-0.15, -0.1) is 4.47 Å². The van der Waals surface area contributed by atoms with Gasteiger partial charge in [0.2, 0.25) is 0 Å². The minimum Gasteiger partial charge on any atom is -0.381 e. The first-order valence-corrected chi connectivity index (χ1v) is 7.48. The molecule has 1 amide bonds. The van der Waals surface area contributed by atoms with Crippen LogP contribution < -0.4 is 0 Å². The Kier molecular flexibility index (Phi) is 4.36. The molecule has 110 valence electrons. The smallest absolute Gasteiger partial charge is 0.289 e. The number of hydrogen-bond acceptors (Lipinski definition) is 5. The molecule has 1 aromatic rings. The number of ether oxygens (including phenoxy) is 1. The van der Waals surface area contributed by atoms with Crippen LogP contribution in [0.3, 0.4) is 0 Å². The van der Waals surface area contributed by atoms with Crippen LogP contribution in [-0.2, 0) is 19.6 Å². The summed E-state index contributed by atoms with van der Waals surface area (Å²) in [5.74, 6) is -2.09. The molecule has 0 aromatic heterocycles. The van der Waals surface area contributed by atoms with Crippen LogP contribution in [0.25, 0.3) is 0 Å². The molecule has 1 saturated heterocycles. The molecule has 8 heteroatoms. The highest BCUT2D eigenvalue weighted by molar-refractivity contribution is 7.89. The van der Waals surface area contributed by atoms with Crippen LogP contribution in [-0.4, -0.2) is 37.2 Å². The van der Waals surface area contributed by atoms with Crippen LogP contribution in [0.1, 0.15) is 12.8 Å². The molecule has 1 N–H and O–H groups in total. The van der Waals surface area contributed by atoms with Crippen molar-refractivity contribution < 1.29 is 27.5 Å². The second kappa shape index (κ2) is 5.86. The monoisotopic (exact) mass is 303 g/mol. The Hall–Kier alpha value is -1.51. The van der Waals surface area contributed by atoms with Crippen LogP contribution in [0.4, 0.5) is 4.39 Å². The van der Waals surface area contributed by atoms with Gasteiger partial charge in [-0.2, -0.15) is 8.42 Å². The number of halogens is 1. The Labute approximate surface area is 115 Å². The fraction of sp³-hybridized carbons (Fsp3) is 0.417. The molecule has 0 radical (unpaired) electrons. The number of hydrogen-bond donors (Lipinski definition) is 1. The summed E-state index contributed by atoms with van der Waals surface area (Å²) >= 11 is 0. The number of hydroxylamine groups is 1. The maximum Gasteiger partial charge on any atom is 0.289 e. The van der Waals surface area contributed by atoms with Crippen molar-refractivity contribution in [3.63, 3.8) is 0 Å². The lowest BCUT2D eigenvalue weighted by atomic mass is 10.00. The van der Waals surface area contributed by atoms with Crippen LogP contribution in [0.15, 0.2) is 29.2 Å². The van der Waals surface area contributed by atoms with Gasteiger partial charge in [-0.3, -0.25) is 10.0 Å². The summed E-state index contributed by atoms with van der Waals surface area (Å²) in [7, 11) is -4.37. The zero-order valence-electron chi connectivity index (χ0n) is 10.5. The highest BCUT2D eigenvalue weighted by atomic mass is 32.2. The Morgan fingerprint density at radius 1 is 1.25 bits per heavy atom. The van der Waals surface area contributed by atoms with Crippen LogP contribution in [0.2, 0.25) is 0 Å². The van der Waals surface area contributed by atoms with Crippen molar-refractivity contribution in [2.45, 2.75) is 17.7 Å². The molecule has 1 fully saturated rings. The van der Waals surface area contributed by atoms with Gasteiger partial charge in [0, 0.05) is 19.1 Å². The summed E-state index contributed by atoms with van der Waals surface area (Å²) in [4.78, 5) is 11.6. The minimum atomic E-state index is -4.37. The first kappa shape index (κ1) is 14.9. The highest BCUT2D eigenvalue weighted by Crippen LogP contribution is 2.21. The normalized spacial score (nSPS) is 16.9. The number of carbonyl (C=O) groups is 1. The van der Waals surface area contributed by atoms with E-state index in [4.69, 9.17) is 4.74 Å². The zero-order valence-corrected chi connectivity index (χ0v) is 11.3. The van der Waals surface area contributed by atoms with Gasteiger partial charge in [0.15, 0.2) is 0 Å². The Morgan fingerprint density at radius 2 is 1.80 bits per heavy atom. The Balaban J connectivity index is 2.20. The van der Waals surface area contributed by atoms with Crippen molar-refractivity contribution in [1.82, 2.24) is 4.47 Å². The molecule has 6 nitrogen and oxygen atoms in total. The Morgan fingerprint density at radius 3 is 2.35 bits per heavy atom. The van der Waals surface area contributed by atoms with E-state index in [1.54, 1.807) is 0 Å². The van der Waals surface area contributed by atoms with Crippen LogP contribution >= 0.6 is 0 Å². The topological polar surface area (TPSA) is 83.9 Å². The van der Waals surface area contributed by atoms with E-state index in [-0.39, 0.29) is 9.36 Å². The Bertz CT molecular complexity index is 580. The predicted octanol–water partition coefficient (Wildman–Crippen LogP) is 1.16. The fourth-order valence-electron chi connectivity index (χ4n) is 1.93. The zero-order chi connectivity index (χ0) is 14.8. The molecule has 0 aliphatic carbocycles. The standard InChI is InChI=1S/C12H14FNO5S/c13-10-1-3-11(4-2-10)20(17,18)14(16)12(15)9-5-7-19-8-6-9/h1-4,9,16H,5-8H2. The van der Waals surface area contributed by atoms with Crippen LogP contribution in [0.5, 0.6) is 0 Å². The summed E-state index contributed by atoms with van der Waals surface area (Å²) in [6.45, 7) is 0.696. The number of carbonyl (C=O) groups excluding carboxylic acids is 1. The van der Waals surface area contributed by atoms with E-state index in [2.05, 4.69) is 0 Å². The van der Waals surface area contributed by atoms with Crippen LogP contribution in [0, 0.1) is 11.7 Å². The van der Waals surface area contributed by atoms with E-state index >= 15 is 0 Å². The molecule has 0 atom stereocenters. The van der Waals surface area contributed by atoms with Gasteiger partial charge < -0.3 is 4.74 Å². The van der Waals surface area contributed by atoms with Gasteiger partial charge in [-0.05, 0) is 37.1 Å². The second-order valence-corrected chi connectivity index (χ2v) is 6.19. The maximum absolute atomic E-state index is 12.8. The number of sulfonamides is 1. The first-order valence-electron chi connectivity index (χ1n) is 6.04. The van der Waals surface area contributed by atoms with Crippen molar-refractivity contribution in [3.05, 3.63) is 30.1 Å². The molecule has 0 saturated carbocycles. The molecule has 0 bridgehead atoms. The lowest BCUT2D eigenvalue weighted by Crippen LogP contribution is -2.40. The molecule has 2 rings (SSSR count). The average molecular weight is 303 g/mol. The summed E-state index contributed by atoms with van der Waals surface area (Å²) in [5, 5.41) is 9.68. The molecule has 0 spiro atoms. The van der Waals surface area contributed by atoms with Gasteiger partial charge in [0.05, 0.1) is 4.90 Å². The lowest BCUT2D eigenvalue weighted by Gasteiger charge is -2.24. The number of nitrogens with zero attached hydrogens (tertiary/aromatic N) is 1. The SMILES string of the molecule is O=C(C1CCOCC1)N(O)S(=O)(=O)c1ccc(F)cc1. The third kappa shape index (κ3) is 2.97. The summed E-state index contributed by atoms with van der Waals surface area (Å²) < 4.78 is 41.6. The van der Waals surface area contributed by atoms with E-state index in [1.807, 2.05) is 0 Å². The lowest BCUT2D eigenvalue weighted by molar-refractivity contribution is -0.153. The second-order valence-electron chi connectivity index (χ2n) is 4.43. The molecule has 1 aliphatic heterocycles. The third-order valence-electron chi connectivity index (χ3n) is 3.10. The van der Waals surface area contributed by atoms with Gasteiger partial charge in [0.25, 0.3) is 15.9 Å². The van der Waals surface area contributed by atoms with E-state index in [9.17, 15) is 22.8 Å². The van der Waals surface area contributed by atoms with Crippen molar-refractivity contribution in [3.8, 4) is 0 Å². The predicted molar refractivity (Wildman–Crippen MR) is 65.8 cm³/mol. The molecule has 1 aliphatic rings.